The summed E-state index contributed by atoms with van der Waals surface area (Å²) in [4.78, 5) is 12.0. The minimum atomic E-state index is -0.998. The van der Waals surface area contributed by atoms with Crippen LogP contribution in [0.4, 0.5) is 5.69 Å². The molecule has 0 aliphatic carbocycles. The van der Waals surface area contributed by atoms with Gasteiger partial charge in [-0.2, -0.15) is 5.26 Å². The Labute approximate surface area is 117 Å². The summed E-state index contributed by atoms with van der Waals surface area (Å²) < 4.78 is 1.65. The lowest BCUT2D eigenvalue weighted by Gasteiger charge is -2.19. The number of anilines is 1. The Hall–Kier alpha value is -0.860. The third kappa shape index (κ3) is 3.30. The Balaban J connectivity index is 2.96. The Kier molecular flexibility index (Phi) is 4.72. The highest BCUT2D eigenvalue weighted by Gasteiger charge is 2.31. The van der Waals surface area contributed by atoms with Gasteiger partial charge in [0.25, 0.3) is 0 Å². The maximum Gasteiger partial charge on any atom is 0.244 e. The number of nitrogens with one attached hydrogen (secondary N) is 1. The first-order chi connectivity index (χ1) is 7.92. The molecule has 0 radical (unpaired) electrons. The molecule has 0 aliphatic heterocycles. The summed E-state index contributed by atoms with van der Waals surface area (Å²) >= 11 is 6.68. The fourth-order valence-corrected chi connectivity index (χ4v) is 1.85. The van der Waals surface area contributed by atoms with Gasteiger partial charge in [0.15, 0.2) is 0 Å². The molecule has 0 bridgehead atoms. The van der Waals surface area contributed by atoms with E-state index in [2.05, 4.69) is 37.2 Å². The van der Waals surface area contributed by atoms with E-state index in [1.54, 1.807) is 13.0 Å². The number of hydrogen-bond donors (Lipinski definition) is 1. The van der Waals surface area contributed by atoms with Crippen LogP contribution in [0, 0.1) is 16.7 Å². The van der Waals surface area contributed by atoms with E-state index in [4.69, 9.17) is 5.26 Å². The minimum Gasteiger partial charge on any atom is -0.324 e. The summed E-state index contributed by atoms with van der Waals surface area (Å²) in [6.45, 7) is 3.45. The van der Waals surface area contributed by atoms with Gasteiger partial charge in [0.2, 0.25) is 5.91 Å². The molecule has 1 N–H and O–H groups in total. The molecule has 3 nitrogen and oxygen atoms in total. The van der Waals surface area contributed by atoms with Gasteiger partial charge in [-0.05, 0) is 47.5 Å². The quantitative estimate of drug-likeness (QED) is 0.883. The maximum absolute atomic E-state index is 12.0. The van der Waals surface area contributed by atoms with Crippen molar-refractivity contribution in [3.05, 3.63) is 27.1 Å². The third-order valence-electron chi connectivity index (χ3n) is 2.63. The zero-order valence-corrected chi connectivity index (χ0v) is 12.7. The Bertz CT molecular complexity index is 482. The van der Waals surface area contributed by atoms with E-state index < -0.39 is 5.41 Å². The molecule has 1 amide bonds. The van der Waals surface area contributed by atoms with E-state index in [9.17, 15) is 4.79 Å². The molecule has 90 valence electrons. The Morgan fingerprint density at radius 2 is 2.18 bits per heavy atom. The second-order valence-corrected chi connectivity index (χ2v) is 5.65. The van der Waals surface area contributed by atoms with Crippen LogP contribution in [-0.2, 0) is 4.79 Å². The van der Waals surface area contributed by atoms with Crippen molar-refractivity contribution < 1.29 is 4.79 Å². The number of amides is 1. The molecule has 1 atom stereocenters. The standard InChI is InChI=1S/C12H12Br2N2O/c1-3-12(2,7-15)11(17)16-10-6-8(13)4-5-9(10)14/h4-6H,3H2,1-2H3,(H,16,17). The monoisotopic (exact) mass is 358 g/mol. The van der Waals surface area contributed by atoms with Crippen LogP contribution in [0.25, 0.3) is 0 Å². The van der Waals surface area contributed by atoms with Gasteiger partial charge in [-0.3, -0.25) is 4.79 Å². The lowest BCUT2D eigenvalue weighted by atomic mass is 9.88. The summed E-state index contributed by atoms with van der Waals surface area (Å²) in [5.41, 5.74) is -0.346. The SMILES string of the molecule is CCC(C)(C#N)C(=O)Nc1cc(Br)ccc1Br. The first-order valence-electron chi connectivity index (χ1n) is 5.10. The summed E-state index contributed by atoms with van der Waals surface area (Å²) in [7, 11) is 0. The van der Waals surface area contributed by atoms with E-state index in [0.29, 0.717) is 12.1 Å². The van der Waals surface area contributed by atoms with Gasteiger partial charge in [-0.25, -0.2) is 0 Å². The zero-order chi connectivity index (χ0) is 13.1. The van der Waals surface area contributed by atoms with E-state index in [-0.39, 0.29) is 5.91 Å². The number of halogens is 2. The molecule has 0 aromatic heterocycles. The molecule has 17 heavy (non-hydrogen) atoms. The minimum absolute atomic E-state index is 0.290. The van der Waals surface area contributed by atoms with Crippen LogP contribution in [0.2, 0.25) is 0 Å². The van der Waals surface area contributed by atoms with Crippen molar-refractivity contribution in [2.45, 2.75) is 20.3 Å². The highest BCUT2D eigenvalue weighted by atomic mass is 79.9. The molecule has 1 aromatic rings. The number of hydrogen-bond acceptors (Lipinski definition) is 2. The predicted octanol–water partition coefficient (Wildman–Crippen LogP) is 4.09. The highest BCUT2D eigenvalue weighted by Crippen LogP contribution is 2.29. The molecule has 1 rings (SSSR count). The van der Waals surface area contributed by atoms with E-state index in [1.807, 2.05) is 25.1 Å². The fourth-order valence-electron chi connectivity index (χ4n) is 1.14. The normalized spacial score (nSPS) is 13.6. The van der Waals surface area contributed by atoms with Gasteiger partial charge in [-0.15, -0.1) is 0 Å². The molecular weight excluding hydrogens is 348 g/mol. The average molecular weight is 360 g/mol. The Morgan fingerprint density at radius 1 is 1.53 bits per heavy atom. The number of carbonyl (C=O) groups is 1. The van der Waals surface area contributed by atoms with Crippen molar-refractivity contribution in [2.24, 2.45) is 5.41 Å². The second kappa shape index (κ2) is 5.65. The van der Waals surface area contributed by atoms with Gasteiger partial charge in [0.1, 0.15) is 5.41 Å². The third-order valence-corrected chi connectivity index (χ3v) is 3.82. The molecule has 0 aliphatic rings. The number of nitrogens with zero attached hydrogens (tertiary/aromatic N) is 1. The topological polar surface area (TPSA) is 52.9 Å². The summed E-state index contributed by atoms with van der Waals surface area (Å²) in [6, 6.07) is 7.52. The average Bonchev–Trinajstić information content (AvgIpc) is 2.32. The van der Waals surface area contributed by atoms with Crippen LogP contribution in [0.15, 0.2) is 27.1 Å². The van der Waals surface area contributed by atoms with Crippen LogP contribution >= 0.6 is 31.9 Å². The fraction of sp³-hybridized carbons (Fsp3) is 0.333. The van der Waals surface area contributed by atoms with Gasteiger partial charge >= 0.3 is 0 Å². The smallest absolute Gasteiger partial charge is 0.244 e. The maximum atomic E-state index is 12.0. The van der Waals surface area contributed by atoms with Crippen molar-refractivity contribution in [1.29, 1.82) is 5.26 Å². The molecule has 0 spiro atoms. The number of rotatable bonds is 3. The van der Waals surface area contributed by atoms with E-state index >= 15 is 0 Å². The van der Waals surface area contributed by atoms with Crippen LogP contribution in [0.1, 0.15) is 20.3 Å². The highest BCUT2D eigenvalue weighted by molar-refractivity contribution is 9.11. The molecule has 0 saturated carbocycles. The molecule has 5 heteroatoms. The second-order valence-electron chi connectivity index (χ2n) is 3.88. The number of carbonyl (C=O) groups excluding carboxylic acids is 1. The number of benzene rings is 1. The molecule has 0 saturated heterocycles. The van der Waals surface area contributed by atoms with Crippen molar-refractivity contribution in [3.8, 4) is 6.07 Å². The van der Waals surface area contributed by atoms with Crippen LogP contribution < -0.4 is 5.32 Å². The molecule has 1 aromatic carbocycles. The van der Waals surface area contributed by atoms with Gasteiger partial charge in [-0.1, -0.05) is 22.9 Å². The van der Waals surface area contributed by atoms with Crippen molar-refractivity contribution in [1.82, 2.24) is 0 Å². The van der Waals surface area contributed by atoms with Crippen molar-refractivity contribution in [2.75, 3.05) is 5.32 Å². The largest absolute Gasteiger partial charge is 0.324 e. The summed E-state index contributed by atoms with van der Waals surface area (Å²) in [6.07, 6.45) is 0.473. The molecule has 1 unspecified atom stereocenters. The summed E-state index contributed by atoms with van der Waals surface area (Å²) in [5, 5.41) is 11.8. The molecule has 0 fully saturated rings. The first-order valence-corrected chi connectivity index (χ1v) is 6.69. The Morgan fingerprint density at radius 3 is 2.71 bits per heavy atom. The van der Waals surface area contributed by atoms with Gasteiger partial charge in [0, 0.05) is 8.95 Å². The van der Waals surface area contributed by atoms with E-state index in [0.717, 1.165) is 8.95 Å². The van der Waals surface area contributed by atoms with Crippen LogP contribution in [-0.4, -0.2) is 5.91 Å². The van der Waals surface area contributed by atoms with Gasteiger partial charge in [0.05, 0.1) is 11.8 Å². The zero-order valence-electron chi connectivity index (χ0n) is 9.55. The van der Waals surface area contributed by atoms with Gasteiger partial charge < -0.3 is 5.32 Å². The van der Waals surface area contributed by atoms with E-state index in [1.165, 1.54) is 0 Å². The lowest BCUT2D eigenvalue weighted by molar-refractivity contribution is -0.122. The van der Waals surface area contributed by atoms with Crippen molar-refractivity contribution in [3.63, 3.8) is 0 Å². The molecule has 0 heterocycles. The predicted molar refractivity (Wildman–Crippen MR) is 74.5 cm³/mol. The molecular formula is C12H12Br2N2O. The number of nitriles is 1. The van der Waals surface area contributed by atoms with Crippen LogP contribution in [0.3, 0.4) is 0 Å². The van der Waals surface area contributed by atoms with Crippen LogP contribution in [0.5, 0.6) is 0 Å². The lowest BCUT2D eigenvalue weighted by Crippen LogP contribution is -2.31. The summed E-state index contributed by atoms with van der Waals surface area (Å²) in [5.74, 6) is -0.290. The first kappa shape index (κ1) is 14.2. The van der Waals surface area contributed by atoms with Crippen molar-refractivity contribution >= 4 is 43.5 Å².